The molecule has 1 N–H and O–H groups in total. The second kappa shape index (κ2) is 32.4. The van der Waals surface area contributed by atoms with Crippen LogP contribution in [0.1, 0.15) is 5.56 Å². The maximum absolute atomic E-state index is 12.1. The van der Waals surface area contributed by atoms with Gasteiger partial charge in [0, 0.05) is 0 Å². The normalized spacial score (nSPS) is 11.8. The van der Waals surface area contributed by atoms with Gasteiger partial charge in [0.25, 0.3) is 10.1 Å². The number of benzene rings is 1. The van der Waals surface area contributed by atoms with Crippen molar-refractivity contribution in [1.29, 1.82) is 0 Å². The van der Waals surface area contributed by atoms with Crippen molar-refractivity contribution >= 4 is 16.1 Å². The number of ether oxygens (including phenoxy) is 11. The molecule has 0 aliphatic carbocycles. The van der Waals surface area contributed by atoms with Gasteiger partial charge in [0.1, 0.15) is 6.61 Å². The number of carboxylic acids is 1. The second-order valence-electron chi connectivity index (χ2n) is 9.66. The first-order valence-corrected chi connectivity index (χ1v) is 17.4. The summed E-state index contributed by atoms with van der Waals surface area (Å²) in [6.07, 6.45) is 0. The van der Waals surface area contributed by atoms with Gasteiger partial charge in [-0.2, -0.15) is 8.42 Å². The van der Waals surface area contributed by atoms with Gasteiger partial charge in [-0.05, 0) is 19.1 Å². The van der Waals surface area contributed by atoms with Crippen LogP contribution in [-0.2, 0) is 71.2 Å². The molecule has 16 nitrogen and oxygen atoms in total. The topological polar surface area (TPSA) is 182 Å². The van der Waals surface area contributed by atoms with Gasteiger partial charge >= 0.3 is 5.97 Å². The van der Waals surface area contributed by atoms with Gasteiger partial charge in [-0.3, -0.25) is 4.18 Å². The summed E-state index contributed by atoms with van der Waals surface area (Å²) in [4.78, 5) is 10.4. The van der Waals surface area contributed by atoms with E-state index in [0.29, 0.717) is 126 Å². The number of rotatable bonds is 37. The van der Waals surface area contributed by atoms with E-state index in [-0.39, 0.29) is 31.3 Å². The average Bonchev–Trinajstić information content (AvgIpc) is 3.06. The molecule has 0 heterocycles. The second-order valence-corrected chi connectivity index (χ2v) is 11.3. The summed E-state index contributed by atoms with van der Waals surface area (Å²) >= 11 is 0. The van der Waals surface area contributed by atoms with Crippen molar-refractivity contribution < 1.29 is 74.6 Å². The van der Waals surface area contributed by atoms with Crippen molar-refractivity contribution in [2.45, 2.75) is 11.8 Å². The zero-order valence-corrected chi connectivity index (χ0v) is 28.9. The number of hydrogen-bond acceptors (Lipinski definition) is 15. The lowest BCUT2D eigenvalue weighted by Gasteiger charge is -2.09. The molecule has 0 unspecified atom stereocenters. The van der Waals surface area contributed by atoms with E-state index in [1.54, 1.807) is 12.1 Å². The van der Waals surface area contributed by atoms with Crippen LogP contribution in [0.15, 0.2) is 29.2 Å². The summed E-state index contributed by atoms with van der Waals surface area (Å²) in [6, 6.07) is 6.46. The Kier molecular flexibility index (Phi) is 29.8. The highest BCUT2D eigenvalue weighted by Crippen LogP contribution is 2.12. The minimum absolute atomic E-state index is 0.0662. The summed E-state index contributed by atoms with van der Waals surface area (Å²) in [5.74, 6) is -1.00. The molecule has 280 valence electrons. The molecular formula is C31H54O16S. The predicted molar refractivity (Wildman–Crippen MR) is 171 cm³/mol. The molecule has 1 aromatic rings. The minimum atomic E-state index is -3.78. The Bertz CT molecular complexity index is 964. The van der Waals surface area contributed by atoms with E-state index in [9.17, 15) is 13.2 Å². The fraction of sp³-hybridized carbons (Fsp3) is 0.774. The van der Waals surface area contributed by atoms with E-state index in [1.165, 1.54) is 12.1 Å². The molecule has 0 radical (unpaired) electrons. The molecule has 1 rings (SSSR count). The van der Waals surface area contributed by atoms with Gasteiger partial charge < -0.3 is 57.2 Å². The molecule has 0 saturated carbocycles. The Morgan fingerprint density at radius 3 is 0.979 bits per heavy atom. The maximum atomic E-state index is 12.1. The molecule has 1 aromatic carbocycles. The fourth-order valence-electron chi connectivity index (χ4n) is 3.33. The van der Waals surface area contributed by atoms with Gasteiger partial charge in [0.05, 0.1) is 150 Å². The third-order valence-electron chi connectivity index (χ3n) is 5.72. The van der Waals surface area contributed by atoms with Gasteiger partial charge in [-0.25, -0.2) is 4.79 Å². The van der Waals surface area contributed by atoms with Crippen LogP contribution in [0.5, 0.6) is 0 Å². The predicted octanol–water partition coefficient (Wildman–Crippen LogP) is 0.968. The van der Waals surface area contributed by atoms with Crippen LogP contribution in [0.4, 0.5) is 0 Å². The van der Waals surface area contributed by atoms with Gasteiger partial charge in [0.15, 0.2) is 0 Å². The third kappa shape index (κ3) is 29.1. The van der Waals surface area contributed by atoms with Crippen molar-refractivity contribution in [3.8, 4) is 0 Å². The number of aliphatic carboxylic acids is 1. The smallest absolute Gasteiger partial charge is 0.329 e. The van der Waals surface area contributed by atoms with E-state index in [2.05, 4.69) is 0 Å². The molecule has 0 aliphatic rings. The van der Waals surface area contributed by atoms with Crippen LogP contribution in [-0.4, -0.2) is 171 Å². The van der Waals surface area contributed by atoms with Crippen molar-refractivity contribution in [2.75, 3.05) is 152 Å². The first-order valence-electron chi connectivity index (χ1n) is 15.9. The lowest BCUT2D eigenvalue weighted by atomic mass is 10.2. The zero-order chi connectivity index (χ0) is 34.8. The highest BCUT2D eigenvalue weighted by Gasteiger charge is 2.14. The van der Waals surface area contributed by atoms with Gasteiger partial charge in [-0.15, -0.1) is 0 Å². The SMILES string of the molecule is Cc1ccc(S(=O)(=O)OCCOCCOCCOCCOCCOCCOCCOCCOCCOCCOCCOCC(=O)O)cc1. The Balaban J connectivity index is 1.67. The summed E-state index contributed by atoms with van der Waals surface area (Å²) in [7, 11) is -3.78. The lowest BCUT2D eigenvalue weighted by molar-refractivity contribution is -0.142. The number of carboxylic acid groups (broad SMARTS) is 1. The Labute approximate surface area is 284 Å². The first-order chi connectivity index (χ1) is 23.4. The zero-order valence-electron chi connectivity index (χ0n) is 28.1. The number of carbonyl (C=O) groups is 1. The number of hydrogen-bond donors (Lipinski definition) is 1. The van der Waals surface area contributed by atoms with E-state index >= 15 is 0 Å². The average molecular weight is 715 g/mol. The molecule has 48 heavy (non-hydrogen) atoms. The molecule has 0 fully saturated rings. The molecule has 17 heteroatoms. The summed E-state index contributed by atoms with van der Waals surface area (Å²) in [6.45, 7) is 10.0. The number of aryl methyl sites for hydroxylation is 1. The first kappa shape index (κ1) is 44.2. The van der Waals surface area contributed by atoms with E-state index in [0.717, 1.165) is 5.56 Å². The molecule has 0 amide bonds. The maximum Gasteiger partial charge on any atom is 0.329 e. The van der Waals surface area contributed by atoms with Gasteiger partial charge in [0.2, 0.25) is 0 Å². The monoisotopic (exact) mass is 714 g/mol. The summed E-state index contributed by atoms with van der Waals surface area (Å²) in [5, 5.41) is 8.42. The highest BCUT2D eigenvalue weighted by molar-refractivity contribution is 7.86. The minimum Gasteiger partial charge on any atom is -0.480 e. The van der Waals surface area contributed by atoms with Crippen molar-refractivity contribution in [3.05, 3.63) is 29.8 Å². The molecule has 0 atom stereocenters. The fourth-order valence-corrected chi connectivity index (χ4v) is 4.23. The van der Waals surface area contributed by atoms with Crippen LogP contribution in [0.3, 0.4) is 0 Å². The highest BCUT2D eigenvalue weighted by atomic mass is 32.2. The van der Waals surface area contributed by atoms with Crippen molar-refractivity contribution in [1.82, 2.24) is 0 Å². The molecular weight excluding hydrogens is 660 g/mol. The largest absolute Gasteiger partial charge is 0.480 e. The van der Waals surface area contributed by atoms with E-state index < -0.39 is 16.1 Å². The van der Waals surface area contributed by atoms with Crippen LogP contribution in [0.25, 0.3) is 0 Å². The summed E-state index contributed by atoms with van der Waals surface area (Å²) < 4.78 is 87.9. The van der Waals surface area contributed by atoms with Crippen molar-refractivity contribution in [3.63, 3.8) is 0 Å². The quantitative estimate of drug-likeness (QED) is 0.0760. The standard InChI is InChI=1S/C31H54O16S/c1-29-2-4-30(5-3-29)48(34,35)47-27-26-45-23-22-43-19-18-41-15-14-39-11-10-37-7-6-36-8-9-38-12-13-40-16-17-42-20-21-44-24-25-46-28-31(32)33/h2-5H,6-28H2,1H3,(H,32,33). The van der Waals surface area contributed by atoms with Crippen molar-refractivity contribution in [2.24, 2.45) is 0 Å². The van der Waals surface area contributed by atoms with Gasteiger partial charge in [-0.1, -0.05) is 17.7 Å². The van der Waals surface area contributed by atoms with Crippen LogP contribution >= 0.6 is 0 Å². The lowest BCUT2D eigenvalue weighted by Crippen LogP contribution is -2.16. The molecule has 0 spiro atoms. The van der Waals surface area contributed by atoms with E-state index in [1.807, 2.05) is 6.92 Å². The van der Waals surface area contributed by atoms with Crippen LogP contribution < -0.4 is 0 Å². The molecule has 0 saturated heterocycles. The Morgan fingerprint density at radius 1 is 0.458 bits per heavy atom. The summed E-state index contributed by atoms with van der Waals surface area (Å²) in [5.41, 5.74) is 0.970. The molecule has 0 aliphatic heterocycles. The Morgan fingerprint density at radius 2 is 0.708 bits per heavy atom. The van der Waals surface area contributed by atoms with Crippen LogP contribution in [0, 0.1) is 6.92 Å². The van der Waals surface area contributed by atoms with E-state index in [4.69, 9.17) is 61.4 Å². The molecule has 0 bridgehead atoms. The molecule has 0 aromatic heterocycles. The Hall–Kier alpha value is -1.84. The van der Waals surface area contributed by atoms with Crippen LogP contribution in [0.2, 0.25) is 0 Å². The third-order valence-corrected chi connectivity index (χ3v) is 7.05.